The number of rotatable bonds is 7. The highest BCUT2D eigenvalue weighted by atomic mass is 32.1. The van der Waals surface area contributed by atoms with E-state index in [-0.39, 0.29) is 11.3 Å². The predicted octanol–water partition coefficient (Wildman–Crippen LogP) is 3.54. The van der Waals surface area contributed by atoms with Gasteiger partial charge in [-0.3, -0.25) is 4.79 Å². The number of benzene rings is 1. The second kappa shape index (κ2) is 6.53. The van der Waals surface area contributed by atoms with Gasteiger partial charge in [-0.15, -0.1) is 11.3 Å². The molecule has 1 fully saturated rings. The second-order valence-corrected chi connectivity index (χ2v) is 6.74. The highest BCUT2D eigenvalue weighted by Gasteiger charge is 2.45. The van der Waals surface area contributed by atoms with E-state index in [0.717, 1.165) is 17.9 Å². The third kappa shape index (κ3) is 3.50. The van der Waals surface area contributed by atoms with Crippen LogP contribution in [0.25, 0.3) is 0 Å². The van der Waals surface area contributed by atoms with Crippen molar-refractivity contribution in [3.05, 3.63) is 52.2 Å². The van der Waals surface area contributed by atoms with Crippen LogP contribution in [0.1, 0.15) is 30.2 Å². The molecule has 1 saturated carbocycles. The molecule has 0 atom stereocenters. The van der Waals surface area contributed by atoms with Gasteiger partial charge in [0.05, 0.1) is 13.0 Å². The summed E-state index contributed by atoms with van der Waals surface area (Å²) in [7, 11) is 0. The van der Waals surface area contributed by atoms with Gasteiger partial charge in [0.25, 0.3) is 0 Å². The first-order valence-electron chi connectivity index (χ1n) is 7.74. The maximum absolute atomic E-state index is 12.1. The van der Waals surface area contributed by atoms with Crippen molar-refractivity contribution in [2.24, 2.45) is 0 Å². The monoisotopic (exact) mass is 315 g/mol. The smallest absolute Gasteiger partial charge is 0.224 e. The maximum atomic E-state index is 12.1. The molecule has 1 heterocycles. The van der Waals surface area contributed by atoms with Gasteiger partial charge in [-0.1, -0.05) is 18.2 Å². The quantitative estimate of drug-likeness (QED) is 0.849. The summed E-state index contributed by atoms with van der Waals surface area (Å²) in [6.07, 6.45) is 2.78. The molecule has 3 rings (SSSR count). The average Bonchev–Trinajstić information content (AvgIpc) is 3.11. The van der Waals surface area contributed by atoms with Crippen molar-refractivity contribution in [2.45, 2.75) is 31.6 Å². The Labute approximate surface area is 135 Å². The van der Waals surface area contributed by atoms with Crippen molar-refractivity contribution in [1.82, 2.24) is 5.32 Å². The van der Waals surface area contributed by atoms with Crippen molar-refractivity contribution in [1.29, 1.82) is 0 Å². The minimum Gasteiger partial charge on any atom is -0.494 e. The van der Waals surface area contributed by atoms with Crippen LogP contribution in [-0.2, 0) is 16.6 Å². The standard InChI is InChI=1S/C18H21NO2S/c1-2-21-15-7-5-14(6-8-15)12-17(20)19-13-18(9-10-18)16-4-3-11-22-16/h3-8,11H,2,9-10,12-13H2,1H3,(H,19,20). The molecule has 4 heteroatoms. The molecule has 116 valence electrons. The number of thiophene rings is 1. The summed E-state index contributed by atoms with van der Waals surface area (Å²) in [6, 6.07) is 12.0. The first kappa shape index (κ1) is 15.1. The number of nitrogens with one attached hydrogen (secondary N) is 1. The SMILES string of the molecule is CCOc1ccc(CC(=O)NCC2(c3cccs3)CC2)cc1. The summed E-state index contributed by atoms with van der Waals surface area (Å²) >= 11 is 1.79. The third-order valence-corrected chi connectivity index (χ3v) is 5.24. The Bertz CT molecular complexity index is 615. The second-order valence-electron chi connectivity index (χ2n) is 5.79. The van der Waals surface area contributed by atoms with Gasteiger partial charge in [0.2, 0.25) is 5.91 Å². The van der Waals surface area contributed by atoms with Gasteiger partial charge in [0, 0.05) is 16.8 Å². The Hall–Kier alpha value is -1.81. The average molecular weight is 315 g/mol. The largest absolute Gasteiger partial charge is 0.494 e. The number of amides is 1. The van der Waals surface area contributed by atoms with Crippen LogP contribution in [0.5, 0.6) is 5.75 Å². The van der Waals surface area contributed by atoms with Gasteiger partial charge in [0.15, 0.2) is 0 Å². The lowest BCUT2D eigenvalue weighted by Gasteiger charge is -2.14. The Morgan fingerprint density at radius 3 is 2.64 bits per heavy atom. The molecule has 0 saturated heterocycles. The van der Waals surface area contributed by atoms with Crippen LogP contribution in [0.2, 0.25) is 0 Å². The van der Waals surface area contributed by atoms with Crippen molar-refractivity contribution in [2.75, 3.05) is 13.2 Å². The first-order valence-corrected chi connectivity index (χ1v) is 8.62. The zero-order valence-electron chi connectivity index (χ0n) is 12.8. The van der Waals surface area contributed by atoms with Crippen molar-refractivity contribution in [3.8, 4) is 5.75 Å². The molecule has 2 aromatic rings. The normalized spacial score (nSPS) is 15.3. The van der Waals surface area contributed by atoms with E-state index >= 15 is 0 Å². The molecule has 1 aromatic heterocycles. The molecule has 1 aromatic carbocycles. The number of carbonyl (C=O) groups is 1. The lowest BCUT2D eigenvalue weighted by Crippen LogP contribution is -2.32. The molecule has 0 radical (unpaired) electrons. The molecule has 0 unspecified atom stereocenters. The summed E-state index contributed by atoms with van der Waals surface area (Å²) in [6.45, 7) is 3.37. The molecule has 1 N–H and O–H groups in total. The fourth-order valence-electron chi connectivity index (χ4n) is 2.63. The van der Waals surface area contributed by atoms with E-state index in [0.29, 0.717) is 13.0 Å². The first-order chi connectivity index (χ1) is 10.7. The van der Waals surface area contributed by atoms with Crippen LogP contribution in [-0.4, -0.2) is 19.1 Å². The molecule has 1 aliphatic carbocycles. The van der Waals surface area contributed by atoms with Gasteiger partial charge in [-0.2, -0.15) is 0 Å². The highest BCUT2D eigenvalue weighted by Crippen LogP contribution is 2.49. The Kier molecular flexibility index (Phi) is 4.48. The zero-order chi connectivity index (χ0) is 15.4. The summed E-state index contributed by atoms with van der Waals surface area (Å²) in [4.78, 5) is 13.5. The predicted molar refractivity (Wildman–Crippen MR) is 89.6 cm³/mol. The van der Waals surface area contributed by atoms with Crippen molar-refractivity contribution >= 4 is 17.2 Å². The van der Waals surface area contributed by atoms with Gasteiger partial charge < -0.3 is 10.1 Å². The molecule has 3 nitrogen and oxygen atoms in total. The van der Waals surface area contributed by atoms with Crippen LogP contribution in [0.15, 0.2) is 41.8 Å². The van der Waals surface area contributed by atoms with Gasteiger partial charge >= 0.3 is 0 Å². The Balaban J connectivity index is 1.50. The number of ether oxygens (including phenoxy) is 1. The highest BCUT2D eigenvalue weighted by molar-refractivity contribution is 7.10. The zero-order valence-corrected chi connectivity index (χ0v) is 13.6. The van der Waals surface area contributed by atoms with E-state index in [1.165, 1.54) is 17.7 Å². The minimum atomic E-state index is 0.0898. The van der Waals surface area contributed by atoms with Crippen LogP contribution in [0, 0.1) is 0 Å². The molecule has 1 aliphatic rings. The molecule has 0 bridgehead atoms. The summed E-state index contributed by atoms with van der Waals surface area (Å²) < 4.78 is 5.41. The summed E-state index contributed by atoms with van der Waals surface area (Å²) in [5.41, 5.74) is 1.23. The third-order valence-electron chi connectivity index (χ3n) is 4.12. The van der Waals surface area contributed by atoms with Crippen molar-refractivity contribution < 1.29 is 9.53 Å². The number of hydrogen-bond acceptors (Lipinski definition) is 3. The van der Waals surface area contributed by atoms with Gasteiger partial charge in [-0.25, -0.2) is 0 Å². The lowest BCUT2D eigenvalue weighted by molar-refractivity contribution is -0.120. The van der Waals surface area contributed by atoms with Crippen LogP contribution < -0.4 is 10.1 Å². The number of carbonyl (C=O) groups excluding carboxylic acids is 1. The number of hydrogen-bond donors (Lipinski definition) is 1. The van der Waals surface area contributed by atoms with E-state index in [1.807, 2.05) is 31.2 Å². The van der Waals surface area contributed by atoms with Gasteiger partial charge in [0.1, 0.15) is 5.75 Å². The molecule has 1 amide bonds. The Morgan fingerprint density at radius 1 is 1.27 bits per heavy atom. The summed E-state index contributed by atoms with van der Waals surface area (Å²) in [5.74, 6) is 0.938. The molecule has 0 spiro atoms. The van der Waals surface area contributed by atoms with Crippen LogP contribution >= 0.6 is 11.3 Å². The van der Waals surface area contributed by atoms with E-state index in [9.17, 15) is 4.79 Å². The van der Waals surface area contributed by atoms with Crippen LogP contribution in [0.4, 0.5) is 0 Å². The fraction of sp³-hybridized carbons (Fsp3) is 0.389. The van der Waals surface area contributed by atoms with Crippen molar-refractivity contribution in [3.63, 3.8) is 0 Å². The van der Waals surface area contributed by atoms with E-state index in [1.54, 1.807) is 11.3 Å². The lowest BCUT2D eigenvalue weighted by atomic mass is 10.1. The fourth-order valence-corrected chi connectivity index (χ4v) is 3.61. The minimum absolute atomic E-state index is 0.0898. The van der Waals surface area contributed by atoms with E-state index in [4.69, 9.17) is 4.74 Å². The van der Waals surface area contributed by atoms with Crippen LogP contribution in [0.3, 0.4) is 0 Å². The topological polar surface area (TPSA) is 38.3 Å². The Morgan fingerprint density at radius 2 is 2.05 bits per heavy atom. The molecule has 22 heavy (non-hydrogen) atoms. The maximum Gasteiger partial charge on any atom is 0.224 e. The summed E-state index contributed by atoms with van der Waals surface area (Å²) in [5, 5.41) is 5.21. The van der Waals surface area contributed by atoms with Gasteiger partial charge in [-0.05, 0) is 48.9 Å². The van der Waals surface area contributed by atoms with E-state index in [2.05, 4.69) is 22.8 Å². The molecular weight excluding hydrogens is 294 g/mol. The molecule has 0 aliphatic heterocycles. The molecular formula is C18H21NO2S. The van der Waals surface area contributed by atoms with E-state index < -0.39 is 0 Å².